The van der Waals surface area contributed by atoms with Gasteiger partial charge in [-0.15, -0.1) is 0 Å². The highest BCUT2D eigenvalue weighted by Crippen LogP contribution is 2.28. The van der Waals surface area contributed by atoms with Gasteiger partial charge in [0.05, 0.1) is 35.2 Å². The summed E-state index contributed by atoms with van der Waals surface area (Å²) in [5, 5.41) is 26.0. The standard InChI is InChI=1S/C26H28N6O5S/c1-3-32(16-4-15-27)24-10-5-21(6-11-24)28-30-23-9-14-26(20(2)19-23)31-29-22-7-12-25(13-8-22)36-17-18-37-38(33,34)35/h5-14,19H,3-4,16-18H2,1-2H3,(H,33,34,35). The van der Waals surface area contributed by atoms with Gasteiger partial charge in [0.1, 0.15) is 19.0 Å². The molecule has 0 aliphatic carbocycles. The van der Waals surface area contributed by atoms with E-state index in [2.05, 4.69) is 42.5 Å². The van der Waals surface area contributed by atoms with Gasteiger partial charge in [0.15, 0.2) is 0 Å². The SMILES string of the molecule is CCN(CCC#N)c1ccc(N=Nc2ccc(N=Nc3ccc(OCCOS(=O)(=O)O)cc3)c(C)c2)cc1. The number of rotatable bonds is 13. The molecule has 0 fully saturated rings. The molecule has 0 radical (unpaired) electrons. The molecule has 38 heavy (non-hydrogen) atoms. The third-order valence-corrected chi connectivity index (χ3v) is 5.71. The number of nitriles is 1. The van der Waals surface area contributed by atoms with Crippen LogP contribution in [0.4, 0.5) is 28.4 Å². The minimum Gasteiger partial charge on any atom is -0.491 e. The number of benzene rings is 3. The molecular weight excluding hydrogens is 508 g/mol. The molecule has 0 amide bonds. The van der Waals surface area contributed by atoms with E-state index in [0.717, 1.165) is 23.5 Å². The molecule has 0 aliphatic heterocycles. The van der Waals surface area contributed by atoms with Crippen LogP contribution in [-0.4, -0.2) is 39.3 Å². The first-order valence-electron chi connectivity index (χ1n) is 11.8. The second-order valence-corrected chi connectivity index (χ2v) is 9.06. The van der Waals surface area contributed by atoms with Crippen molar-refractivity contribution in [1.82, 2.24) is 0 Å². The Bertz CT molecular complexity index is 1400. The third-order valence-electron chi connectivity index (χ3n) is 5.25. The van der Waals surface area contributed by atoms with Gasteiger partial charge in [0.25, 0.3) is 0 Å². The van der Waals surface area contributed by atoms with Crippen LogP contribution in [-0.2, 0) is 14.6 Å². The fourth-order valence-electron chi connectivity index (χ4n) is 3.33. The molecule has 3 rings (SSSR count). The van der Waals surface area contributed by atoms with Gasteiger partial charge in [-0.1, -0.05) is 0 Å². The Hall–Kier alpha value is -4.18. The van der Waals surface area contributed by atoms with Crippen LogP contribution in [0.3, 0.4) is 0 Å². The van der Waals surface area contributed by atoms with Crippen LogP contribution < -0.4 is 9.64 Å². The van der Waals surface area contributed by atoms with Gasteiger partial charge in [-0.25, -0.2) is 4.18 Å². The van der Waals surface area contributed by atoms with Gasteiger partial charge >= 0.3 is 10.4 Å². The maximum absolute atomic E-state index is 10.5. The Morgan fingerprint density at radius 2 is 1.50 bits per heavy atom. The molecule has 0 unspecified atom stereocenters. The van der Waals surface area contributed by atoms with E-state index < -0.39 is 10.4 Å². The van der Waals surface area contributed by atoms with Crippen LogP contribution in [0.5, 0.6) is 5.75 Å². The summed E-state index contributed by atoms with van der Waals surface area (Å²) in [6.45, 7) is 5.13. The highest BCUT2D eigenvalue weighted by atomic mass is 32.3. The molecule has 0 spiro atoms. The highest BCUT2D eigenvalue weighted by Gasteiger charge is 2.05. The van der Waals surface area contributed by atoms with Crippen LogP contribution in [0.25, 0.3) is 0 Å². The molecule has 0 saturated heterocycles. The van der Waals surface area contributed by atoms with E-state index in [1.807, 2.05) is 49.4 Å². The Morgan fingerprint density at radius 3 is 2.11 bits per heavy atom. The summed E-state index contributed by atoms with van der Waals surface area (Å²) in [7, 11) is -4.48. The van der Waals surface area contributed by atoms with Crippen LogP contribution in [0.1, 0.15) is 18.9 Å². The zero-order chi connectivity index (χ0) is 27.4. The predicted octanol–water partition coefficient (Wildman–Crippen LogP) is 6.76. The van der Waals surface area contributed by atoms with E-state index in [1.54, 1.807) is 24.3 Å². The van der Waals surface area contributed by atoms with Crippen molar-refractivity contribution in [2.24, 2.45) is 20.5 Å². The summed E-state index contributed by atoms with van der Waals surface area (Å²) in [6, 6.07) is 22.1. The van der Waals surface area contributed by atoms with Gasteiger partial charge in [-0.3, -0.25) is 4.55 Å². The number of nitrogens with zero attached hydrogens (tertiary/aromatic N) is 6. The first kappa shape index (κ1) is 28.4. The van der Waals surface area contributed by atoms with Crippen molar-refractivity contribution in [2.45, 2.75) is 20.3 Å². The van der Waals surface area contributed by atoms with Crippen molar-refractivity contribution in [3.8, 4) is 11.8 Å². The van der Waals surface area contributed by atoms with Crippen molar-refractivity contribution in [1.29, 1.82) is 5.26 Å². The highest BCUT2D eigenvalue weighted by molar-refractivity contribution is 7.80. The fourth-order valence-corrected chi connectivity index (χ4v) is 3.61. The molecular formula is C26H28N6O5S. The Morgan fingerprint density at radius 1 is 0.895 bits per heavy atom. The zero-order valence-corrected chi connectivity index (χ0v) is 21.9. The van der Waals surface area contributed by atoms with E-state index in [0.29, 0.717) is 35.8 Å². The molecule has 198 valence electrons. The second kappa shape index (κ2) is 13.9. The molecule has 0 aromatic heterocycles. The summed E-state index contributed by atoms with van der Waals surface area (Å²) < 4.78 is 39.1. The molecule has 0 bridgehead atoms. The summed E-state index contributed by atoms with van der Waals surface area (Å²) >= 11 is 0. The Kier molecular flexibility index (Phi) is 10.4. The molecule has 3 aromatic rings. The minimum absolute atomic E-state index is 0.0460. The fraction of sp³-hybridized carbons (Fsp3) is 0.269. The van der Waals surface area contributed by atoms with Crippen LogP contribution in [0.2, 0.25) is 0 Å². The van der Waals surface area contributed by atoms with Crippen molar-refractivity contribution < 1.29 is 21.9 Å². The summed E-state index contributed by atoms with van der Waals surface area (Å²) in [4.78, 5) is 2.13. The van der Waals surface area contributed by atoms with Crippen molar-refractivity contribution in [3.63, 3.8) is 0 Å². The molecule has 0 saturated carbocycles. The molecule has 11 nitrogen and oxygen atoms in total. The van der Waals surface area contributed by atoms with Gasteiger partial charge in [-0.05, 0) is 86.1 Å². The third kappa shape index (κ3) is 9.36. The Labute approximate surface area is 222 Å². The molecule has 1 N–H and O–H groups in total. The minimum atomic E-state index is -4.48. The summed E-state index contributed by atoms with van der Waals surface area (Å²) in [5.41, 5.74) is 4.63. The van der Waals surface area contributed by atoms with E-state index in [4.69, 9.17) is 14.6 Å². The number of aryl methyl sites for hydroxylation is 1. The molecule has 0 aliphatic rings. The van der Waals surface area contributed by atoms with Gasteiger partial charge in [0, 0.05) is 18.8 Å². The summed E-state index contributed by atoms with van der Waals surface area (Å²) in [5.74, 6) is 0.491. The largest absolute Gasteiger partial charge is 0.491 e. The quantitative estimate of drug-likeness (QED) is 0.144. The Balaban J connectivity index is 1.56. The lowest BCUT2D eigenvalue weighted by Gasteiger charge is -2.21. The zero-order valence-electron chi connectivity index (χ0n) is 21.1. The summed E-state index contributed by atoms with van der Waals surface area (Å²) in [6.07, 6.45) is 0.478. The number of anilines is 1. The van der Waals surface area contributed by atoms with Gasteiger partial charge < -0.3 is 9.64 Å². The lowest BCUT2D eigenvalue weighted by atomic mass is 10.2. The van der Waals surface area contributed by atoms with Crippen molar-refractivity contribution in [2.75, 3.05) is 31.2 Å². The van der Waals surface area contributed by atoms with Crippen LogP contribution in [0.15, 0.2) is 87.2 Å². The van der Waals surface area contributed by atoms with Gasteiger partial charge in [0.2, 0.25) is 0 Å². The predicted molar refractivity (Wildman–Crippen MR) is 144 cm³/mol. The average molecular weight is 537 g/mol. The maximum Gasteiger partial charge on any atom is 0.397 e. The molecule has 12 heteroatoms. The topological polar surface area (TPSA) is 149 Å². The molecule has 0 heterocycles. The smallest absolute Gasteiger partial charge is 0.397 e. The lowest BCUT2D eigenvalue weighted by Crippen LogP contribution is -2.23. The number of hydrogen-bond acceptors (Lipinski definition) is 10. The average Bonchev–Trinajstić information content (AvgIpc) is 2.90. The van der Waals surface area contributed by atoms with E-state index >= 15 is 0 Å². The number of hydrogen-bond donors (Lipinski definition) is 1. The van der Waals surface area contributed by atoms with Crippen LogP contribution in [0, 0.1) is 18.3 Å². The van der Waals surface area contributed by atoms with Crippen molar-refractivity contribution in [3.05, 3.63) is 72.3 Å². The van der Waals surface area contributed by atoms with E-state index in [1.165, 1.54) is 0 Å². The normalized spacial score (nSPS) is 11.6. The lowest BCUT2D eigenvalue weighted by molar-refractivity contribution is 0.202. The van der Waals surface area contributed by atoms with E-state index in [9.17, 15) is 8.42 Å². The van der Waals surface area contributed by atoms with Crippen LogP contribution >= 0.6 is 0 Å². The van der Waals surface area contributed by atoms with Gasteiger partial charge in [-0.2, -0.15) is 34.1 Å². The number of ether oxygens (including phenoxy) is 1. The number of azo groups is 2. The second-order valence-electron chi connectivity index (χ2n) is 7.97. The van der Waals surface area contributed by atoms with Crippen molar-refractivity contribution >= 4 is 38.8 Å². The molecule has 0 atom stereocenters. The monoisotopic (exact) mass is 536 g/mol. The van der Waals surface area contributed by atoms with E-state index in [-0.39, 0.29) is 13.2 Å². The molecule has 3 aromatic carbocycles. The first-order valence-corrected chi connectivity index (χ1v) is 13.1. The maximum atomic E-state index is 10.5. The first-order chi connectivity index (χ1) is 18.3.